The van der Waals surface area contributed by atoms with Crippen molar-refractivity contribution in [1.29, 1.82) is 0 Å². The van der Waals surface area contributed by atoms with E-state index in [9.17, 15) is 36.2 Å². The van der Waals surface area contributed by atoms with Crippen molar-refractivity contribution in [3.63, 3.8) is 0 Å². The second-order valence-electron chi connectivity index (χ2n) is 9.16. The monoisotopic (exact) mass is 503 g/mol. The van der Waals surface area contributed by atoms with Gasteiger partial charge in [0, 0.05) is 37.3 Å². The van der Waals surface area contributed by atoms with Crippen LogP contribution < -0.4 is 5.32 Å². The number of phenolic OH excluding ortho intramolecular Hbond substituents is 1. The van der Waals surface area contributed by atoms with E-state index in [0.29, 0.717) is 11.6 Å². The lowest BCUT2D eigenvalue weighted by Gasteiger charge is -2.30. The van der Waals surface area contributed by atoms with Gasteiger partial charge in [-0.2, -0.15) is 26.3 Å². The van der Waals surface area contributed by atoms with Gasteiger partial charge in [-0.05, 0) is 62.7 Å². The van der Waals surface area contributed by atoms with Crippen molar-refractivity contribution in [2.24, 2.45) is 5.41 Å². The summed E-state index contributed by atoms with van der Waals surface area (Å²) in [4.78, 5) is 18.3. The highest BCUT2D eigenvalue weighted by molar-refractivity contribution is 5.77. The van der Waals surface area contributed by atoms with Crippen LogP contribution in [0.4, 0.5) is 26.3 Å². The molecule has 5 nitrogen and oxygen atoms in total. The number of hydrogen-bond acceptors (Lipinski definition) is 4. The Morgan fingerprint density at radius 2 is 1.86 bits per heavy atom. The number of rotatable bonds is 9. The molecule has 1 saturated carbocycles. The number of nitrogens with one attached hydrogen (secondary N) is 1. The molecule has 1 fully saturated rings. The third-order valence-corrected chi connectivity index (χ3v) is 6.62. The summed E-state index contributed by atoms with van der Waals surface area (Å²) in [5.74, 6) is -2.25. The van der Waals surface area contributed by atoms with E-state index < -0.39 is 53.4 Å². The molecule has 1 heterocycles. The summed E-state index contributed by atoms with van der Waals surface area (Å²) in [6.07, 6.45) is -7.06. The highest BCUT2D eigenvalue weighted by Gasteiger charge is 2.67. The standard InChI is InChI=1S/C24H27F6N3O2/c1-33(2)17(10-15-5-6-18(34)11-20(15)23(25,26)27)14-32-21(35)12-19(16-4-3-9-31-13-16)22(7-8-22)24(28,29)30/h3-6,9,11,13,17,19,34H,7-8,10,12,14H2,1-2H3,(H,32,35). The molecule has 1 aromatic carbocycles. The Morgan fingerprint density at radius 3 is 2.37 bits per heavy atom. The number of phenols is 1. The molecular formula is C24H27F6N3O2. The number of pyridine rings is 1. The van der Waals surface area contributed by atoms with Crippen molar-refractivity contribution in [2.45, 2.75) is 50.0 Å². The number of halogens is 6. The molecule has 35 heavy (non-hydrogen) atoms. The van der Waals surface area contributed by atoms with E-state index >= 15 is 0 Å². The normalized spacial score (nSPS) is 17.2. The SMILES string of the molecule is CN(C)C(CNC(=O)CC(c1cccnc1)C1(C(F)(F)F)CC1)Cc1ccc(O)cc1C(F)(F)F. The van der Waals surface area contributed by atoms with Gasteiger partial charge in [-0.15, -0.1) is 0 Å². The van der Waals surface area contributed by atoms with Crippen LogP contribution in [0, 0.1) is 5.41 Å². The van der Waals surface area contributed by atoms with Crippen molar-refractivity contribution in [1.82, 2.24) is 15.2 Å². The van der Waals surface area contributed by atoms with E-state index in [1.165, 1.54) is 30.6 Å². The topological polar surface area (TPSA) is 65.5 Å². The number of hydrogen-bond donors (Lipinski definition) is 2. The Hall–Kier alpha value is -2.82. The third-order valence-electron chi connectivity index (χ3n) is 6.62. The van der Waals surface area contributed by atoms with E-state index in [0.717, 1.165) is 6.07 Å². The Balaban J connectivity index is 1.73. The minimum atomic E-state index is -4.68. The quantitative estimate of drug-likeness (QED) is 0.478. The molecule has 0 saturated heterocycles. The first kappa shape index (κ1) is 26.8. The van der Waals surface area contributed by atoms with Crippen LogP contribution in [-0.4, -0.2) is 53.8 Å². The number of nitrogens with zero attached hydrogens (tertiary/aromatic N) is 2. The fraction of sp³-hybridized carbons (Fsp3) is 0.500. The van der Waals surface area contributed by atoms with Crippen molar-refractivity contribution >= 4 is 5.91 Å². The van der Waals surface area contributed by atoms with Crippen LogP contribution in [-0.2, 0) is 17.4 Å². The predicted molar refractivity (Wildman–Crippen MR) is 117 cm³/mol. The molecule has 0 spiro atoms. The summed E-state index contributed by atoms with van der Waals surface area (Å²) in [5, 5.41) is 12.1. The minimum absolute atomic E-state index is 0.0644. The maximum Gasteiger partial charge on any atom is 0.416 e. The number of alkyl halides is 6. The summed E-state index contributed by atoms with van der Waals surface area (Å²) >= 11 is 0. The number of carbonyl (C=O) groups excluding carboxylic acids is 1. The molecule has 1 aliphatic carbocycles. The molecule has 0 bridgehead atoms. The van der Waals surface area contributed by atoms with E-state index in [1.54, 1.807) is 19.0 Å². The van der Waals surface area contributed by atoms with Gasteiger partial charge >= 0.3 is 12.4 Å². The summed E-state index contributed by atoms with van der Waals surface area (Å²) in [6, 6.07) is 5.44. The average molecular weight is 503 g/mol. The van der Waals surface area contributed by atoms with Crippen LogP contribution in [0.5, 0.6) is 5.75 Å². The van der Waals surface area contributed by atoms with E-state index in [1.807, 2.05) is 0 Å². The number of aromatic hydroxyl groups is 1. The van der Waals surface area contributed by atoms with Crippen LogP contribution in [0.1, 0.15) is 41.9 Å². The molecule has 11 heteroatoms. The second-order valence-corrected chi connectivity index (χ2v) is 9.16. The van der Waals surface area contributed by atoms with Gasteiger partial charge in [0.15, 0.2) is 0 Å². The van der Waals surface area contributed by atoms with E-state index in [2.05, 4.69) is 10.3 Å². The largest absolute Gasteiger partial charge is 0.508 e. The van der Waals surface area contributed by atoms with Crippen molar-refractivity contribution in [2.75, 3.05) is 20.6 Å². The molecule has 0 radical (unpaired) electrons. The second kappa shape index (κ2) is 10.0. The Morgan fingerprint density at radius 1 is 1.17 bits per heavy atom. The van der Waals surface area contributed by atoms with Gasteiger partial charge in [-0.3, -0.25) is 9.78 Å². The Labute approximate surface area is 199 Å². The number of amides is 1. The third kappa shape index (κ3) is 6.25. The number of aromatic nitrogens is 1. The lowest BCUT2D eigenvalue weighted by Crippen LogP contribution is -2.43. The van der Waals surface area contributed by atoms with Crippen molar-refractivity contribution < 1.29 is 36.2 Å². The van der Waals surface area contributed by atoms with E-state index in [4.69, 9.17) is 0 Å². The molecule has 2 atom stereocenters. The molecular weight excluding hydrogens is 476 g/mol. The fourth-order valence-electron chi connectivity index (χ4n) is 4.37. The molecule has 2 unspecified atom stereocenters. The maximum atomic E-state index is 13.8. The smallest absolute Gasteiger partial charge is 0.416 e. The van der Waals surface area contributed by atoms with E-state index in [-0.39, 0.29) is 31.4 Å². The molecule has 1 amide bonds. The van der Waals surface area contributed by atoms with Gasteiger partial charge in [-0.25, -0.2) is 0 Å². The molecule has 0 aliphatic heterocycles. The Bertz CT molecular complexity index is 1020. The fourth-order valence-corrected chi connectivity index (χ4v) is 4.37. The first-order valence-electron chi connectivity index (χ1n) is 11.0. The van der Waals surface area contributed by atoms with Gasteiger partial charge in [0.2, 0.25) is 5.91 Å². The molecule has 2 aromatic rings. The lowest BCUT2D eigenvalue weighted by atomic mass is 9.80. The summed E-state index contributed by atoms with van der Waals surface area (Å²) in [7, 11) is 3.26. The number of benzene rings is 1. The van der Waals surface area contributed by atoms with Crippen LogP contribution >= 0.6 is 0 Å². The molecule has 2 N–H and O–H groups in total. The Kier molecular flexibility index (Phi) is 7.68. The molecule has 3 rings (SSSR count). The highest BCUT2D eigenvalue weighted by Crippen LogP contribution is 2.66. The number of likely N-dealkylation sites (N-methyl/N-ethyl adjacent to an activating group) is 1. The van der Waals surface area contributed by atoms with Crippen molar-refractivity contribution in [3.8, 4) is 5.75 Å². The van der Waals surface area contributed by atoms with Crippen molar-refractivity contribution in [3.05, 3.63) is 59.4 Å². The van der Waals surface area contributed by atoms with Crippen LogP contribution in [0.3, 0.4) is 0 Å². The van der Waals surface area contributed by atoms with Crippen LogP contribution in [0.15, 0.2) is 42.7 Å². The molecule has 1 aliphatic rings. The van der Waals surface area contributed by atoms with Gasteiger partial charge < -0.3 is 15.3 Å². The predicted octanol–water partition coefficient (Wildman–Crippen LogP) is 4.91. The lowest BCUT2D eigenvalue weighted by molar-refractivity contribution is -0.194. The summed E-state index contributed by atoms with van der Waals surface area (Å²) < 4.78 is 81.8. The molecule has 1 aromatic heterocycles. The van der Waals surface area contributed by atoms with Crippen LogP contribution in [0.25, 0.3) is 0 Å². The van der Waals surface area contributed by atoms with Crippen LogP contribution in [0.2, 0.25) is 0 Å². The maximum absolute atomic E-state index is 13.8. The zero-order valence-corrected chi connectivity index (χ0v) is 19.2. The summed E-state index contributed by atoms with van der Waals surface area (Å²) in [6.45, 7) is -0.0667. The zero-order chi connectivity index (χ0) is 26.0. The van der Waals surface area contributed by atoms with Gasteiger partial charge in [0.25, 0.3) is 0 Å². The first-order chi connectivity index (χ1) is 16.2. The van der Waals surface area contributed by atoms with Gasteiger partial charge in [0.05, 0.1) is 11.0 Å². The first-order valence-corrected chi connectivity index (χ1v) is 11.0. The minimum Gasteiger partial charge on any atom is -0.508 e. The highest BCUT2D eigenvalue weighted by atomic mass is 19.4. The van der Waals surface area contributed by atoms with Gasteiger partial charge in [-0.1, -0.05) is 12.1 Å². The molecule has 192 valence electrons. The summed E-state index contributed by atoms with van der Waals surface area (Å²) in [5.41, 5.74) is -2.71. The van der Waals surface area contributed by atoms with Gasteiger partial charge in [0.1, 0.15) is 5.75 Å². The average Bonchev–Trinajstić information content (AvgIpc) is 3.57. The number of carbonyl (C=O) groups is 1. The zero-order valence-electron chi connectivity index (χ0n) is 19.2.